The van der Waals surface area contributed by atoms with Gasteiger partial charge in [-0.3, -0.25) is 4.68 Å². The molecule has 6 nitrogen and oxygen atoms in total. The molecule has 1 aromatic carbocycles. The molecular formula is C19H24FN5O. The molecule has 1 N–H and O–H groups in total. The van der Waals surface area contributed by atoms with Crippen LogP contribution >= 0.6 is 0 Å². The van der Waals surface area contributed by atoms with Crippen LogP contribution in [0.5, 0.6) is 0 Å². The SMILES string of the molecule is CC1Cn2nccc2CN1C(=O)Nc1ccc(N2CCCCC2)c(F)c1. The van der Waals surface area contributed by atoms with E-state index in [1.165, 1.54) is 12.5 Å². The highest BCUT2D eigenvalue weighted by Gasteiger charge is 2.27. The maximum atomic E-state index is 14.5. The number of urea groups is 1. The van der Waals surface area contributed by atoms with Crippen LogP contribution in [-0.2, 0) is 13.1 Å². The number of amides is 2. The van der Waals surface area contributed by atoms with Gasteiger partial charge in [-0.15, -0.1) is 0 Å². The van der Waals surface area contributed by atoms with E-state index in [4.69, 9.17) is 0 Å². The number of hydrogen-bond donors (Lipinski definition) is 1. The molecule has 0 bridgehead atoms. The molecular weight excluding hydrogens is 333 g/mol. The van der Waals surface area contributed by atoms with Gasteiger partial charge in [0.05, 0.1) is 30.5 Å². The monoisotopic (exact) mass is 357 g/mol. The third-order valence-electron chi connectivity index (χ3n) is 5.26. The number of halogens is 1. The first-order valence-corrected chi connectivity index (χ1v) is 9.24. The van der Waals surface area contributed by atoms with Crippen LogP contribution in [0.15, 0.2) is 30.5 Å². The minimum absolute atomic E-state index is 0.0277. The van der Waals surface area contributed by atoms with Crippen molar-refractivity contribution >= 4 is 17.4 Å². The number of carbonyl (C=O) groups is 1. The maximum absolute atomic E-state index is 14.5. The van der Waals surface area contributed by atoms with Gasteiger partial charge in [0.2, 0.25) is 0 Å². The number of nitrogens with one attached hydrogen (secondary N) is 1. The molecule has 0 saturated carbocycles. The summed E-state index contributed by atoms with van der Waals surface area (Å²) in [5.41, 5.74) is 2.11. The third-order valence-corrected chi connectivity index (χ3v) is 5.26. The largest absolute Gasteiger partial charge is 0.369 e. The van der Waals surface area contributed by atoms with E-state index in [9.17, 15) is 9.18 Å². The lowest BCUT2D eigenvalue weighted by molar-refractivity contribution is 0.161. The topological polar surface area (TPSA) is 53.4 Å². The molecule has 1 unspecified atom stereocenters. The third kappa shape index (κ3) is 3.25. The molecule has 26 heavy (non-hydrogen) atoms. The molecule has 1 saturated heterocycles. The van der Waals surface area contributed by atoms with Crippen molar-refractivity contribution in [3.05, 3.63) is 42.0 Å². The Morgan fingerprint density at radius 3 is 2.81 bits per heavy atom. The Labute approximate surface area is 152 Å². The van der Waals surface area contributed by atoms with Crippen LogP contribution in [0.4, 0.5) is 20.6 Å². The molecule has 138 valence electrons. The molecule has 1 atom stereocenters. The van der Waals surface area contributed by atoms with E-state index in [0.717, 1.165) is 31.6 Å². The van der Waals surface area contributed by atoms with Crippen molar-refractivity contribution in [2.45, 2.75) is 45.3 Å². The normalized spacial score (nSPS) is 20.0. The highest BCUT2D eigenvalue weighted by molar-refractivity contribution is 5.89. The smallest absolute Gasteiger partial charge is 0.322 e. The fourth-order valence-corrected chi connectivity index (χ4v) is 3.78. The predicted octanol–water partition coefficient (Wildman–Crippen LogP) is 3.45. The molecule has 2 aliphatic rings. The second-order valence-corrected chi connectivity index (χ2v) is 7.13. The van der Waals surface area contributed by atoms with Gasteiger partial charge in [0, 0.05) is 25.0 Å². The summed E-state index contributed by atoms with van der Waals surface area (Å²) in [5, 5.41) is 7.09. The molecule has 2 aliphatic heterocycles. The number of rotatable bonds is 2. The fraction of sp³-hybridized carbons (Fsp3) is 0.474. The van der Waals surface area contributed by atoms with Crippen LogP contribution in [0.3, 0.4) is 0 Å². The van der Waals surface area contributed by atoms with Gasteiger partial charge in [-0.25, -0.2) is 9.18 Å². The second kappa shape index (κ2) is 6.97. The molecule has 1 aromatic heterocycles. The molecule has 2 amide bonds. The summed E-state index contributed by atoms with van der Waals surface area (Å²) in [5.74, 6) is -0.283. The number of aromatic nitrogens is 2. The fourth-order valence-electron chi connectivity index (χ4n) is 3.78. The lowest BCUT2D eigenvalue weighted by atomic mass is 10.1. The summed E-state index contributed by atoms with van der Waals surface area (Å²) in [6, 6.07) is 6.70. The summed E-state index contributed by atoms with van der Waals surface area (Å²) in [6.45, 7) is 4.94. The zero-order valence-electron chi connectivity index (χ0n) is 15.0. The number of anilines is 2. The summed E-state index contributed by atoms with van der Waals surface area (Å²) >= 11 is 0. The highest BCUT2D eigenvalue weighted by Crippen LogP contribution is 2.26. The van der Waals surface area contributed by atoms with E-state index >= 15 is 0 Å². The Balaban J connectivity index is 1.45. The number of nitrogens with zero attached hydrogens (tertiary/aromatic N) is 4. The first-order valence-electron chi connectivity index (χ1n) is 9.24. The highest BCUT2D eigenvalue weighted by atomic mass is 19.1. The Kier molecular flexibility index (Phi) is 4.53. The standard InChI is InChI=1S/C19H24FN5O/c1-14-12-25-16(7-8-21-25)13-24(14)19(26)22-15-5-6-18(17(20)11-15)23-9-3-2-4-10-23/h5-8,11,14H,2-4,9-10,12-13H2,1H3,(H,22,26). The summed E-state index contributed by atoms with van der Waals surface area (Å²) in [7, 11) is 0. The maximum Gasteiger partial charge on any atom is 0.322 e. The predicted molar refractivity (Wildman–Crippen MR) is 98.7 cm³/mol. The van der Waals surface area contributed by atoms with Crippen LogP contribution in [0.2, 0.25) is 0 Å². The quantitative estimate of drug-likeness (QED) is 0.896. The zero-order valence-corrected chi connectivity index (χ0v) is 15.0. The van der Waals surface area contributed by atoms with E-state index in [2.05, 4.69) is 15.3 Å². The molecule has 0 aliphatic carbocycles. The van der Waals surface area contributed by atoms with Crippen molar-refractivity contribution in [2.24, 2.45) is 0 Å². The van der Waals surface area contributed by atoms with E-state index in [-0.39, 0.29) is 17.9 Å². The average molecular weight is 357 g/mol. The first-order chi connectivity index (χ1) is 12.6. The van der Waals surface area contributed by atoms with Gasteiger partial charge in [-0.05, 0) is 50.5 Å². The van der Waals surface area contributed by atoms with Gasteiger partial charge < -0.3 is 15.1 Å². The number of hydrogen-bond acceptors (Lipinski definition) is 3. The Bertz CT molecular complexity index is 799. The van der Waals surface area contributed by atoms with Gasteiger partial charge in [-0.1, -0.05) is 0 Å². The summed E-state index contributed by atoms with van der Waals surface area (Å²) in [6.07, 6.45) is 5.15. The van der Waals surface area contributed by atoms with Crippen molar-refractivity contribution in [1.29, 1.82) is 0 Å². The van der Waals surface area contributed by atoms with E-state index in [1.54, 1.807) is 23.2 Å². The van der Waals surface area contributed by atoms with Gasteiger partial charge in [-0.2, -0.15) is 5.10 Å². The Morgan fingerprint density at radius 2 is 2.04 bits per heavy atom. The number of benzene rings is 1. The van der Waals surface area contributed by atoms with E-state index in [1.807, 2.05) is 17.7 Å². The van der Waals surface area contributed by atoms with Crippen molar-refractivity contribution in [3.63, 3.8) is 0 Å². The van der Waals surface area contributed by atoms with Gasteiger partial charge in [0.15, 0.2) is 0 Å². The Hall–Kier alpha value is -2.57. The number of fused-ring (bicyclic) bond motifs is 1. The zero-order chi connectivity index (χ0) is 18.1. The molecule has 2 aromatic rings. The molecule has 0 radical (unpaired) electrons. The van der Waals surface area contributed by atoms with E-state index in [0.29, 0.717) is 24.5 Å². The van der Waals surface area contributed by atoms with Crippen LogP contribution in [0.1, 0.15) is 31.9 Å². The van der Waals surface area contributed by atoms with Gasteiger partial charge in [0.1, 0.15) is 5.82 Å². The lowest BCUT2D eigenvalue weighted by Gasteiger charge is -2.34. The average Bonchev–Trinajstić information content (AvgIpc) is 3.09. The molecule has 4 rings (SSSR count). The minimum Gasteiger partial charge on any atom is -0.369 e. The number of carbonyl (C=O) groups excluding carboxylic acids is 1. The first kappa shape index (κ1) is 16.9. The summed E-state index contributed by atoms with van der Waals surface area (Å²) in [4.78, 5) is 16.5. The second-order valence-electron chi connectivity index (χ2n) is 7.13. The lowest BCUT2D eigenvalue weighted by Crippen LogP contribution is -2.46. The van der Waals surface area contributed by atoms with Crippen LogP contribution in [0.25, 0.3) is 0 Å². The van der Waals surface area contributed by atoms with Crippen LogP contribution in [0, 0.1) is 5.82 Å². The molecule has 7 heteroatoms. The molecule has 1 fully saturated rings. The minimum atomic E-state index is -0.283. The molecule has 0 spiro atoms. The van der Waals surface area contributed by atoms with Crippen molar-refractivity contribution in [1.82, 2.24) is 14.7 Å². The Morgan fingerprint density at radius 1 is 1.23 bits per heavy atom. The van der Waals surface area contributed by atoms with Gasteiger partial charge in [0.25, 0.3) is 0 Å². The molecule has 3 heterocycles. The van der Waals surface area contributed by atoms with Crippen LogP contribution < -0.4 is 10.2 Å². The number of piperidine rings is 1. The van der Waals surface area contributed by atoms with Crippen LogP contribution in [-0.4, -0.2) is 39.8 Å². The van der Waals surface area contributed by atoms with Gasteiger partial charge >= 0.3 is 6.03 Å². The summed E-state index contributed by atoms with van der Waals surface area (Å²) < 4.78 is 16.5. The van der Waals surface area contributed by atoms with Crippen molar-refractivity contribution in [3.8, 4) is 0 Å². The van der Waals surface area contributed by atoms with Crippen molar-refractivity contribution in [2.75, 3.05) is 23.3 Å². The van der Waals surface area contributed by atoms with E-state index < -0.39 is 0 Å². The van der Waals surface area contributed by atoms with Crippen molar-refractivity contribution < 1.29 is 9.18 Å².